The lowest BCUT2D eigenvalue weighted by Gasteiger charge is -2.36. The number of nitrogens with zero attached hydrogens (tertiary/aromatic N) is 2. The normalized spacial score (nSPS) is 14.7. The highest BCUT2D eigenvalue weighted by Crippen LogP contribution is 2.32. The van der Waals surface area contributed by atoms with Crippen molar-refractivity contribution in [2.24, 2.45) is 0 Å². The van der Waals surface area contributed by atoms with Crippen molar-refractivity contribution in [1.82, 2.24) is 4.90 Å². The van der Waals surface area contributed by atoms with Crippen molar-refractivity contribution in [2.45, 2.75) is 25.9 Å². The first-order valence-corrected chi connectivity index (χ1v) is 10.2. The van der Waals surface area contributed by atoms with Crippen LogP contribution in [0.1, 0.15) is 24.0 Å². The van der Waals surface area contributed by atoms with Crippen LogP contribution in [0.4, 0.5) is 18.9 Å². The van der Waals surface area contributed by atoms with E-state index in [1.807, 2.05) is 24.0 Å². The lowest BCUT2D eigenvalue weighted by atomic mass is 10.1. The molecule has 0 unspecified atom stereocenters. The van der Waals surface area contributed by atoms with Crippen LogP contribution in [-0.4, -0.2) is 43.6 Å². The van der Waals surface area contributed by atoms with Crippen molar-refractivity contribution < 1.29 is 22.7 Å². The van der Waals surface area contributed by atoms with Crippen molar-refractivity contribution in [3.63, 3.8) is 0 Å². The van der Waals surface area contributed by atoms with Gasteiger partial charge in [-0.2, -0.15) is 13.2 Å². The lowest BCUT2D eigenvalue weighted by Crippen LogP contribution is -2.48. The number of halogens is 4. The number of rotatable bonds is 6. The van der Waals surface area contributed by atoms with Crippen LogP contribution in [0.3, 0.4) is 0 Å². The van der Waals surface area contributed by atoms with E-state index in [2.05, 4.69) is 0 Å². The van der Waals surface area contributed by atoms with Crippen LogP contribution < -0.4 is 9.64 Å². The van der Waals surface area contributed by atoms with Crippen LogP contribution in [0.2, 0.25) is 5.02 Å². The maximum atomic E-state index is 12.9. The molecule has 0 bridgehead atoms. The van der Waals surface area contributed by atoms with Crippen molar-refractivity contribution in [3.8, 4) is 5.75 Å². The summed E-state index contributed by atoms with van der Waals surface area (Å²) in [5.74, 6) is 0.789. The van der Waals surface area contributed by atoms with Gasteiger partial charge in [0, 0.05) is 43.3 Å². The largest absolute Gasteiger partial charge is 0.493 e. The predicted molar refractivity (Wildman–Crippen MR) is 111 cm³/mol. The number of hydrogen-bond acceptors (Lipinski definition) is 3. The molecule has 8 heteroatoms. The summed E-state index contributed by atoms with van der Waals surface area (Å²) in [6, 6.07) is 10.7. The fourth-order valence-electron chi connectivity index (χ4n) is 3.43. The minimum absolute atomic E-state index is 0.0371. The second-order valence-electron chi connectivity index (χ2n) is 7.28. The number of alkyl halides is 3. The molecule has 0 aromatic heterocycles. The minimum Gasteiger partial charge on any atom is -0.493 e. The zero-order valence-corrected chi connectivity index (χ0v) is 17.5. The third-order valence-corrected chi connectivity index (χ3v) is 5.34. The molecule has 0 radical (unpaired) electrons. The smallest absolute Gasteiger partial charge is 0.416 e. The Kier molecular flexibility index (Phi) is 7.13. The number of benzene rings is 2. The molecule has 2 aromatic carbocycles. The molecular formula is C22H24ClF3N2O2. The summed E-state index contributed by atoms with van der Waals surface area (Å²) in [7, 11) is 0. The van der Waals surface area contributed by atoms with Crippen molar-refractivity contribution in [3.05, 3.63) is 58.6 Å². The molecule has 1 fully saturated rings. The molecule has 0 saturated carbocycles. The zero-order valence-electron chi connectivity index (χ0n) is 16.7. The molecule has 1 amide bonds. The van der Waals surface area contributed by atoms with E-state index in [4.69, 9.17) is 16.3 Å². The molecule has 4 nitrogen and oxygen atoms in total. The number of piperazine rings is 1. The van der Waals surface area contributed by atoms with E-state index in [0.717, 1.165) is 23.4 Å². The summed E-state index contributed by atoms with van der Waals surface area (Å²) >= 11 is 5.92. The summed E-state index contributed by atoms with van der Waals surface area (Å²) in [5.41, 5.74) is 0.817. The highest BCUT2D eigenvalue weighted by molar-refractivity contribution is 6.30. The molecule has 1 aliphatic rings. The summed E-state index contributed by atoms with van der Waals surface area (Å²) in [5, 5.41) is 0.652. The van der Waals surface area contributed by atoms with E-state index < -0.39 is 11.7 Å². The predicted octanol–water partition coefficient (Wildman–Crippen LogP) is 5.18. The topological polar surface area (TPSA) is 32.8 Å². The molecule has 0 aliphatic carbocycles. The number of hydrogen-bond donors (Lipinski definition) is 0. The Morgan fingerprint density at radius 1 is 1.10 bits per heavy atom. The van der Waals surface area contributed by atoms with E-state index in [-0.39, 0.29) is 5.91 Å². The maximum absolute atomic E-state index is 12.9. The van der Waals surface area contributed by atoms with Gasteiger partial charge < -0.3 is 14.5 Å². The standard InChI is InChI=1S/C22H24ClF3N2O2/c1-16-14-18(23)7-8-20(16)30-13-3-6-21(29)28-11-9-27(10-12-28)19-5-2-4-17(15-19)22(24,25)26/h2,4-5,7-8,14-15H,3,6,9-13H2,1H3. The Morgan fingerprint density at radius 3 is 2.50 bits per heavy atom. The van der Waals surface area contributed by atoms with Gasteiger partial charge in [-0.3, -0.25) is 4.79 Å². The highest BCUT2D eigenvalue weighted by atomic mass is 35.5. The van der Waals surface area contributed by atoms with Crippen LogP contribution in [0.5, 0.6) is 5.75 Å². The summed E-state index contributed by atoms with van der Waals surface area (Å²) < 4.78 is 44.4. The van der Waals surface area contributed by atoms with Gasteiger partial charge in [0.2, 0.25) is 5.91 Å². The number of carbonyl (C=O) groups is 1. The minimum atomic E-state index is -4.36. The highest BCUT2D eigenvalue weighted by Gasteiger charge is 2.31. The number of amides is 1. The molecule has 1 aliphatic heterocycles. The van der Waals surface area contributed by atoms with Gasteiger partial charge in [0.15, 0.2) is 0 Å². The van der Waals surface area contributed by atoms with Crippen molar-refractivity contribution >= 4 is 23.2 Å². The fraction of sp³-hybridized carbons (Fsp3) is 0.409. The van der Waals surface area contributed by atoms with Crippen LogP contribution in [0.15, 0.2) is 42.5 Å². The first-order chi connectivity index (χ1) is 14.2. The van der Waals surface area contributed by atoms with Gasteiger partial charge in [-0.15, -0.1) is 0 Å². The SMILES string of the molecule is Cc1cc(Cl)ccc1OCCCC(=O)N1CCN(c2cccc(C(F)(F)F)c2)CC1. The average molecular weight is 441 g/mol. The Bertz CT molecular complexity index is 881. The second kappa shape index (κ2) is 9.60. The molecule has 3 rings (SSSR count). The molecule has 0 spiro atoms. The van der Waals surface area contributed by atoms with Gasteiger partial charge >= 0.3 is 6.18 Å². The van der Waals surface area contributed by atoms with Crippen LogP contribution in [0.25, 0.3) is 0 Å². The van der Waals surface area contributed by atoms with E-state index in [0.29, 0.717) is 56.3 Å². The van der Waals surface area contributed by atoms with Gasteiger partial charge in [0.1, 0.15) is 5.75 Å². The van der Waals surface area contributed by atoms with Gasteiger partial charge in [-0.25, -0.2) is 0 Å². The number of ether oxygens (including phenoxy) is 1. The Morgan fingerprint density at radius 2 is 1.83 bits per heavy atom. The summed E-state index contributed by atoms with van der Waals surface area (Å²) in [6.07, 6.45) is -3.40. The van der Waals surface area contributed by atoms with E-state index >= 15 is 0 Å². The fourth-order valence-corrected chi connectivity index (χ4v) is 3.66. The second-order valence-corrected chi connectivity index (χ2v) is 7.71. The average Bonchev–Trinajstić information content (AvgIpc) is 2.72. The number of anilines is 1. The molecule has 162 valence electrons. The van der Waals surface area contributed by atoms with E-state index in [9.17, 15) is 18.0 Å². The van der Waals surface area contributed by atoms with Crippen LogP contribution in [0, 0.1) is 6.92 Å². The molecular weight excluding hydrogens is 417 g/mol. The summed E-state index contributed by atoms with van der Waals surface area (Å²) in [6.45, 7) is 4.34. The van der Waals surface area contributed by atoms with Crippen molar-refractivity contribution in [2.75, 3.05) is 37.7 Å². The van der Waals surface area contributed by atoms with Gasteiger partial charge in [-0.1, -0.05) is 17.7 Å². The quantitative estimate of drug-likeness (QED) is 0.580. The Hall–Kier alpha value is -2.41. The number of aryl methyl sites for hydroxylation is 1. The third kappa shape index (κ3) is 5.81. The monoisotopic (exact) mass is 440 g/mol. The lowest BCUT2D eigenvalue weighted by molar-refractivity contribution is -0.137. The van der Waals surface area contributed by atoms with Crippen LogP contribution in [-0.2, 0) is 11.0 Å². The molecule has 0 N–H and O–H groups in total. The van der Waals surface area contributed by atoms with Gasteiger partial charge in [-0.05, 0) is 55.3 Å². The summed E-state index contributed by atoms with van der Waals surface area (Å²) in [4.78, 5) is 16.1. The van der Waals surface area contributed by atoms with Gasteiger partial charge in [0.25, 0.3) is 0 Å². The molecule has 1 heterocycles. The van der Waals surface area contributed by atoms with Gasteiger partial charge in [0.05, 0.1) is 12.2 Å². The Labute approximate surface area is 179 Å². The van der Waals surface area contributed by atoms with E-state index in [1.54, 1.807) is 17.0 Å². The van der Waals surface area contributed by atoms with Crippen LogP contribution >= 0.6 is 11.6 Å². The molecule has 1 saturated heterocycles. The van der Waals surface area contributed by atoms with E-state index in [1.165, 1.54) is 6.07 Å². The Balaban J connectivity index is 1.43. The first kappa shape index (κ1) is 22.3. The molecule has 30 heavy (non-hydrogen) atoms. The zero-order chi connectivity index (χ0) is 21.7. The first-order valence-electron chi connectivity index (χ1n) is 9.83. The molecule has 0 atom stereocenters. The maximum Gasteiger partial charge on any atom is 0.416 e. The number of carbonyl (C=O) groups excluding carboxylic acids is 1. The molecule has 2 aromatic rings. The third-order valence-electron chi connectivity index (χ3n) is 5.10. The van der Waals surface area contributed by atoms with Crippen molar-refractivity contribution in [1.29, 1.82) is 0 Å².